The quantitative estimate of drug-likeness (QED) is 0.853. The molecule has 0 atom stereocenters. The number of likely N-dealkylation sites (N-methyl/N-ethyl adjacent to an activating group) is 1. The van der Waals surface area contributed by atoms with E-state index in [1.807, 2.05) is 0 Å². The molecule has 0 spiro atoms. The molecule has 0 fully saturated rings. The maximum absolute atomic E-state index is 13.3. The molecule has 1 aromatic carbocycles. The van der Waals surface area contributed by atoms with Crippen LogP contribution >= 0.6 is 0 Å². The molecule has 1 rings (SSSR count). The summed E-state index contributed by atoms with van der Waals surface area (Å²) in [7, 11) is 2.65. The Kier molecular flexibility index (Phi) is 4.03. The maximum atomic E-state index is 13.3. The second-order valence-corrected chi connectivity index (χ2v) is 3.40. The van der Waals surface area contributed by atoms with Crippen molar-refractivity contribution in [3.05, 3.63) is 29.6 Å². The highest BCUT2D eigenvalue weighted by atomic mass is 19.1. The van der Waals surface area contributed by atoms with Gasteiger partial charge in [-0.15, -0.1) is 0 Å². The fourth-order valence-corrected chi connectivity index (χ4v) is 1.29. The lowest BCUT2D eigenvalue weighted by Gasteiger charge is -2.14. The molecule has 17 heavy (non-hydrogen) atoms. The van der Waals surface area contributed by atoms with Gasteiger partial charge in [0.1, 0.15) is 6.54 Å². The molecule has 1 aromatic rings. The van der Waals surface area contributed by atoms with Crippen LogP contribution in [0.5, 0.6) is 5.75 Å². The minimum atomic E-state index is -1.13. The predicted octanol–water partition coefficient (Wildman–Crippen LogP) is 0.991. The molecule has 0 unspecified atom stereocenters. The first-order valence-electron chi connectivity index (χ1n) is 4.76. The number of halogens is 1. The van der Waals surface area contributed by atoms with Crippen molar-refractivity contribution in [2.75, 3.05) is 20.7 Å². The number of carboxylic acid groups (broad SMARTS) is 1. The maximum Gasteiger partial charge on any atom is 0.323 e. The van der Waals surface area contributed by atoms with Crippen LogP contribution in [0, 0.1) is 5.82 Å². The number of benzene rings is 1. The number of ether oxygens (including phenoxy) is 1. The summed E-state index contributed by atoms with van der Waals surface area (Å²) in [5, 5.41) is 8.53. The minimum absolute atomic E-state index is 0.0300. The summed E-state index contributed by atoms with van der Waals surface area (Å²) in [6.45, 7) is -0.438. The van der Waals surface area contributed by atoms with Crippen LogP contribution in [0.1, 0.15) is 10.4 Å². The number of carboxylic acids is 1. The molecule has 1 amide bonds. The SMILES string of the molecule is COc1ccc(C(=O)N(C)CC(=O)O)cc1F. The van der Waals surface area contributed by atoms with Gasteiger partial charge in [-0.1, -0.05) is 0 Å². The molecule has 0 aliphatic rings. The predicted molar refractivity (Wildman–Crippen MR) is 57.5 cm³/mol. The molecule has 0 saturated heterocycles. The van der Waals surface area contributed by atoms with E-state index in [1.165, 1.54) is 26.3 Å². The molecule has 0 bridgehead atoms. The van der Waals surface area contributed by atoms with E-state index in [0.717, 1.165) is 11.0 Å². The van der Waals surface area contributed by atoms with Gasteiger partial charge in [0.2, 0.25) is 0 Å². The minimum Gasteiger partial charge on any atom is -0.494 e. The van der Waals surface area contributed by atoms with Gasteiger partial charge >= 0.3 is 5.97 Å². The average molecular weight is 241 g/mol. The van der Waals surface area contributed by atoms with Crippen molar-refractivity contribution in [2.45, 2.75) is 0 Å². The Morgan fingerprint density at radius 1 is 1.47 bits per heavy atom. The van der Waals surface area contributed by atoms with E-state index in [4.69, 9.17) is 9.84 Å². The number of methoxy groups -OCH3 is 1. The van der Waals surface area contributed by atoms with E-state index < -0.39 is 24.2 Å². The van der Waals surface area contributed by atoms with E-state index in [0.29, 0.717) is 0 Å². The van der Waals surface area contributed by atoms with E-state index in [-0.39, 0.29) is 11.3 Å². The second kappa shape index (κ2) is 5.29. The number of rotatable bonds is 4. The summed E-state index contributed by atoms with van der Waals surface area (Å²) in [5.41, 5.74) is 0.0760. The molecule has 0 aliphatic carbocycles. The van der Waals surface area contributed by atoms with Crippen LogP contribution in [-0.4, -0.2) is 42.6 Å². The number of carbonyl (C=O) groups is 2. The van der Waals surface area contributed by atoms with Crippen molar-refractivity contribution < 1.29 is 23.8 Å². The molecule has 1 N–H and O–H groups in total. The van der Waals surface area contributed by atoms with Gasteiger partial charge in [-0.05, 0) is 18.2 Å². The fraction of sp³-hybridized carbons (Fsp3) is 0.273. The number of nitrogens with zero attached hydrogens (tertiary/aromatic N) is 1. The van der Waals surface area contributed by atoms with E-state index in [1.54, 1.807) is 0 Å². The van der Waals surface area contributed by atoms with Crippen molar-refractivity contribution >= 4 is 11.9 Å². The monoisotopic (exact) mass is 241 g/mol. The van der Waals surface area contributed by atoms with Crippen LogP contribution in [-0.2, 0) is 4.79 Å². The standard InChI is InChI=1S/C11H12FNO4/c1-13(6-10(14)15)11(16)7-3-4-9(17-2)8(12)5-7/h3-5H,6H2,1-2H3,(H,14,15). The van der Waals surface area contributed by atoms with Crippen LogP contribution < -0.4 is 4.74 Å². The van der Waals surface area contributed by atoms with Crippen molar-refractivity contribution in [2.24, 2.45) is 0 Å². The van der Waals surface area contributed by atoms with Gasteiger partial charge in [-0.25, -0.2) is 4.39 Å². The topological polar surface area (TPSA) is 66.8 Å². The summed E-state index contributed by atoms with van der Waals surface area (Å²) >= 11 is 0. The zero-order valence-electron chi connectivity index (χ0n) is 9.44. The fourth-order valence-electron chi connectivity index (χ4n) is 1.29. The van der Waals surface area contributed by atoms with Crippen LogP contribution in [0.15, 0.2) is 18.2 Å². The summed E-state index contributed by atoms with van der Waals surface area (Å²) < 4.78 is 18.0. The Bertz CT molecular complexity index is 447. The van der Waals surface area contributed by atoms with Gasteiger partial charge in [-0.2, -0.15) is 0 Å². The number of hydrogen-bond acceptors (Lipinski definition) is 3. The van der Waals surface area contributed by atoms with Crippen LogP contribution in [0.4, 0.5) is 4.39 Å². The smallest absolute Gasteiger partial charge is 0.323 e. The molecular formula is C11H12FNO4. The molecule has 0 saturated carbocycles. The zero-order valence-corrected chi connectivity index (χ0v) is 9.44. The summed E-state index contributed by atoms with van der Waals surface area (Å²) in [6.07, 6.45) is 0. The van der Waals surface area contributed by atoms with Crippen molar-refractivity contribution in [3.8, 4) is 5.75 Å². The highest BCUT2D eigenvalue weighted by Gasteiger charge is 2.16. The van der Waals surface area contributed by atoms with Gasteiger partial charge in [0.05, 0.1) is 7.11 Å². The largest absolute Gasteiger partial charge is 0.494 e. The van der Waals surface area contributed by atoms with E-state index >= 15 is 0 Å². The van der Waals surface area contributed by atoms with Crippen molar-refractivity contribution in [1.82, 2.24) is 4.90 Å². The average Bonchev–Trinajstić information content (AvgIpc) is 2.27. The summed E-state index contributed by atoms with van der Waals surface area (Å²) in [4.78, 5) is 23.1. The van der Waals surface area contributed by atoms with Crippen molar-refractivity contribution in [1.29, 1.82) is 0 Å². The third-order valence-electron chi connectivity index (χ3n) is 2.12. The Hall–Kier alpha value is -2.11. The number of amides is 1. The van der Waals surface area contributed by atoms with Crippen LogP contribution in [0.2, 0.25) is 0 Å². The Morgan fingerprint density at radius 3 is 2.59 bits per heavy atom. The van der Waals surface area contributed by atoms with Crippen LogP contribution in [0.3, 0.4) is 0 Å². The number of aliphatic carboxylic acids is 1. The third-order valence-corrected chi connectivity index (χ3v) is 2.12. The molecule has 0 aromatic heterocycles. The lowest BCUT2D eigenvalue weighted by atomic mass is 10.2. The molecular weight excluding hydrogens is 229 g/mol. The Balaban J connectivity index is 2.89. The van der Waals surface area contributed by atoms with Gasteiger partial charge < -0.3 is 14.7 Å². The first kappa shape index (κ1) is 13.0. The van der Waals surface area contributed by atoms with Gasteiger partial charge in [0, 0.05) is 12.6 Å². The third kappa shape index (κ3) is 3.17. The van der Waals surface area contributed by atoms with Crippen molar-refractivity contribution in [3.63, 3.8) is 0 Å². The highest BCUT2D eigenvalue weighted by molar-refractivity contribution is 5.95. The lowest BCUT2D eigenvalue weighted by molar-refractivity contribution is -0.137. The first-order chi connectivity index (χ1) is 7.95. The lowest BCUT2D eigenvalue weighted by Crippen LogP contribution is -2.31. The summed E-state index contributed by atoms with van der Waals surface area (Å²) in [5.74, 6) is -2.33. The molecule has 6 heteroatoms. The van der Waals surface area contributed by atoms with Gasteiger partial charge in [-0.3, -0.25) is 9.59 Å². The summed E-state index contributed by atoms with van der Waals surface area (Å²) in [6, 6.07) is 3.71. The highest BCUT2D eigenvalue weighted by Crippen LogP contribution is 2.18. The van der Waals surface area contributed by atoms with Gasteiger partial charge in [0.25, 0.3) is 5.91 Å². The molecule has 0 heterocycles. The van der Waals surface area contributed by atoms with E-state index in [2.05, 4.69) is 0 Å². The first-order valence-corrected chi connectivity index (χ1v) is 4.76. The van der Waals surface area contributed by atoms with Crippen LogP contribution in [0.25, 0.3) is 0 Å². The number of carbonyl (C=O) groups excluding carboxylic acids is 1. The normalized spacial score (nSPS) is 9.82. The second-order valence-electron chi connectivity index (χ2n) is 3.40. The molecule has 0 aliphatic heterocycles. The van der Waals surface area contributed by atoms with E-state index in [9.17, 15) is 14.0 Å². The van der Waals surface area contributed by atoms with Gasteiger partial charge in [0.15, 0.2) is 11.6 Å². The number of hydrogen-bond donors (Lipinski definition) is 1. The zero-order chi connectivity index (χ0) is 13.0. The molecule has 92 valence electrons. The Morgan fingerprint density at radius 2 is 2.12 bits per heavy atom. The Labute approximate surface area is 97.4 Å². The molecule has 5 nitrogen and oxygen atoms in total. The molecule has 0 radical (unpaired) electrons.